The van der Waals surface area contributed by atoms with Crippen LogP contribution >= 0.6 is 0 Å². The Morgan fingerprint density at radius 2 is 1.97 bits per heavy atom. The monoisotopic (exact) mass is 411 g/mol. The molecule has 0 radical (unpaired) electrons. The third kappa shape index (κ3) is 2.92. The Balaban J connectivity index is 1.51. The summed E-state index contributed by atoms with van der Waals surface area (Å²) in [6, 6.07) is 6.97. The second-order valence-corrected chi connectivity index (χ2v) is 9.70. The largest absolute Gasteiger partial charge is 0.334 e. The van der Waals surface area contributed by atoms with E-state index >= 15 is 0 Å². The Morgan fingerprint density at radius 1 is 1.10 bits per heavy atom. The minimum atomic E-state index is -3.60. The number of hydrogen-bond acceptors (Lipinski definition) is 5. The number of fused-ring (bicyclic) bond motifs is 4. The molecule has 1 saturated heterocycles. The Labute approximate surface area is 168 Å². The van der Waals surface area contributed by atoms with Gasteiger partial charge in [-0.05, 0) is 36.6 Å². The SMILES string of the molecule is Cn1ccnc1-c1ccc2n(c1=O)C[C@H]1C[C@@H]2CN(S(=O)(=O)c2cccnc2)C1. The number of aromatic nitrogens is 4. The van der Waals surface area contributed by atoms with E-state index in [4.69, 9.17) is 0 Å². The van der Waals surface area contributed by atoms with E-state index < -0.39 is 10.0 Å². The number of imidazole rings is 1. The number of hydrogen-bond donors (Lipinski definition) is 0. The number of sulfonamides is 1. The Morgan fingerprint density at radius 3 is 2.69 bits per heavy atom. The Hall–Kier alpha value is -2.78. The molecule has 3 aromatic rings. The lowest BCUT2D eigenvalue weighted by atomic mass is 9.84. The van der Waals surface area contributed by atoms with Gasteiger partial charge in [0.15, 0.2) is 0 Å². The highest BCUT2D eigenvalue weighted by Crippen LogP contribution is 2.37. The molecule has 2 aliphatic rings. The van der Waals surface area contributed by atoms with Crippen LogP contribution in [-0.4, -0.2) is 44.9 Å². The second kappa shape index (κ2) is 6.64. The van der Waals surface area contributed by atoms with Gasteiger partial charge >= 0.3 is 0 Å². The van der Waals surface area contributed by atoms with Gasteiger partial charge in [-0.1, -0.05) is 0 Å². The summed E-state index contributed by atoms with van der Waals surface area (Å²) in [4.78, 5) is 21.6. The van der Waals surface area contributed by atoms with Crippen LogP contribution in [0.25, 0.3) is 11.4 Å². The lowest BCUT2D eigenvalue weighted by Crippen LogP contribution is -2.49. The van der Waals surface area contributed by atoms with Crippen molar-refractivity contribution in [3.63, 3.8) is 0 Å². The van der Waals surface area contributed by atoms with Crippen molar-refractivity contribution in [1.29, 1.82) is 0 Å². The van der Waals surface area contributed by atoms with Crippen LogP contribution in [0.1, 0.15) is 18.0 Å². The number of rotatable bonds is 3. The lowest BCUT2D eigenvalue weighted by Gasteiger charge is -2.42. The van der Waals surface area contributed by atoms with E-state index in [1.807, 2.05) is 34.5 Å². The van der Waals surface area contributed by atoms with Crippen LogP contribution in [0.4, 0.5) is 0 Å². The first-order valence-corrected chi connectivity index (χ1v) is 11.0. The molecule has 5 rings (SSSR count). The molecule has 2 aliphatic heterocycles. The minimum Gasteiger partial charge on any atom is -0.334 e. The van der Waals surface area contributed by atoms with E-state index in [2.05, 4.69) is 9.97 Å². The van der Waals surface area contributed by atoms with Gasteiger partial charge in [-0.3, -0.25) is 9.78 Å². The average molecular weight is 411 g/mol. The highest BCUT2D eigenvalue weighted by molar-refractivity contribution is 7.89. The molecule has 0 saturated carbocycles. The van der Waals surface area contributed by atoms with Crippen molar-refractivity contribution in [2.75, 3.05) is 13.1 Å². The molecule has 0 unspecified atom stereocenters. The first-order chi connectivity index (χ1) is 13.9. The molecule has 8 nitrogen and oxygen atoms in total. The molecule has 0 aliphatic carbocycles. The fourth-order valence-electron chi connectivity index (χ4n) is 4.54. The van der Waals surface area contributed by atoms with Gasteiger partial charge in [0.2, 0.25) is 10.0 Å². The summed E-state index contributed by atoms with van der Waals surface area (Å²) >= 11 is 0. The zero-order valence-corrected chi connectivity index (χ0v) is 16.8. The molecule has 0 spiro atoms. The molecule has 5 heterocycles. The van der Waals surface area contributed by atoms with E-state index in [1.54, 1.807) is 28.8 Å². The summed E-state index contributed by atoms with van der Waals surface area (Å²) < 4.78 is 31.3. The van der Waals surface area contributed by atoms with Crippen LogP contribution in [0, 0.1) is 5.92 Å². The molecular formula is C20H21N5O3S. The summed E-state index contributed by atoms with van der Waals surface area (Å²) in [5, 5.41) is 0. The highest BCUT2D eigenvalue weighted by atomic mass is 32.2. The molecule has 0 N–H and O–H groups in total. The van der Waals surface area contributed by atoms with Gasteiger partial charge in [0.25, 0.3) is 5.56 Å². The van der Waals surface area contributed by atoms with E-state index in [0.29, 0.717) is 31.0 Å². The van der Waals surface area contributed by atoms with Crippen LogP contribution in [0.15, 0.2) is 58.7 Å². The summed E-state index contributed by atoms with van der Waals surface area (Å²) in [5.41, 5.74) is 1.41. The maximum Gasteiger partial charge on any atom is 0.261 e. The number of aryl methyl sites for hydroxylation is 1. The fourth-order valence-corrected chi connectivity index (χ4v) is 6.07. The third-order valence-electron chi connectivity index (χ3n) is 5.91. The van der Waals surface area contributed by atoms with Crippen molar-refractivity contribution in [2.45, 2.75) is 23.8 Å². The molecule has 0 amide bonds. The molecular weight excluding hydrogens is 390 g/mol. The van der Waals surface area contributed by atoms with Gasteiger partial charge in [0.1, 0.15) is 10.7 Å². The molecule has 29 heavy (non-hydrogen) atoms. The maximum atomic E-state index is 13.2. The Bertz CT molecular complexity index is 1230. The van der Waals surface area contributed by atoms with Crippen LogP contribution in [0.3, 0.4) is 0 Å². The smallest absolute Gasteiger partial charge is 0.261 e. The Kier molecular flexibility index (Phi) is 4.18. The zero-order valence-electron chi connectivity index (χ0n) is 16.0. The number of nitrogens with zero attached hydrogens (tertiary/aromatic N) is 5. The van der Waals surface area contributed by atoms with Gasteiger partial charge in [-0.15, -0.1) is 0 Å². The summed E-state index contributed by atoms with van der Waals surface area (Å²) in [7, 11) is -1.73. The van der Waals surface area contributed by atoms with Gasteiger partial charge in [0.05, 0.1) is 5.56 Å². The number of pyridine rings is 2. The van der Waals surface area contributed by atoms with Crippen molar-refractivity contribution in [3.05, 3.63) is 65.1 Å². The first-order valence-electron chi connectivity index (χ1n) is 9.57. The van der Waals surface area contributed by atoms with Crippen LogP contribution < -0.4 is 5.56 Å². The molecule has 9 heteroatoms. The van der Waals surface area contributed by atoms with Crippen molar-refractivity contribution in [3.8, 4) is 11.4 Å². The van der Waals surface area contributed by atoms with Gasteiger partial charge < -0.3 is 9.13 Å². The van der Waals surface area contributed by atoms with Crippen molar-refractivity contribution < 1.29 is 8.42 Å². The molecule has 150 valence electrons. The van der Waals surface area contributed by atoms with E-state index in [0.717, 1.165) is 12.1 Å². The van der Waals surface area contributed by atoms with E-state index in [-0.39, 0.29) is 22.3 Å². The normalized spacial score (nSPS) is 21.7. The van der Waals surface area contributed by atoms with Gasteiger partial charge in [-0.25, -0.2) is 13.4 Å². The molecule has 2 bridgehead atoms. The fraction of sp³-hybridized carbons (Fsp3) is 0.350. The predicted molar refractivity (Wildman–Crippen MR) is 107 cm³/mol. The summed E-state index contributed by atoms with van der Waals surface area (Å²) in [6.45, 7) is 1.29. The topological polar surface area (TPSA) is 90.1 Å². The average Bonchev–Trinajstić information content (AvgIpc) is 3.15. The van der Waals surface area contributed by atoms with Crippen LogP contribution in [0.5, 0.6) is 0 Å². The highest BCUT2D eigenvalue weighted by Gasteiger charge is 2.39. The van der Waals surface area contributed by atoms with Crippen molar-refractivity contribution in [2.24, 2.45) is 13.0 Å². The van der Waals surface area contributed by atoms with Gasteiger partial charge in [-0.2, -0.15) is 4.31 Å². The first kappa shape index (κ1) is 18.3. The predicted octanol–water partition coefficient (Wildman–Crippen LogP) is 1.45. The van der Waals surface area contributed by atoms with E-state index in [9.17, 15) is 13.2 Å². The van der Waals surface area contributed by atoms with Crippen molar-refractivity contribution >= 4 is 10.0 Å². The standard InChI is InChI=1S/C20H21N5O3S/c1-23-8-7-22-19(23)17-4-5-18-15-9-14(12-25(18)20(17)26)11-24(13-15)29(27,28)16-3-2-6-21-10-16/h2-8,10,14-15H,9,11-13H2,1H3/t14-,15+/m0/s1. The molecule has 1 fully saturated rings. The van der Waals surface area contributed by atoms with Crippen molar-refractivity contribution in [1.82, 2.24) is 23.4 Å². The van der Waals surface area contributed by atoms with E-state index in [1.165, 1.54) is 6.20 Å². The van der Waals surface area contributed by atoms with Crippen LogP contribution in [0.2, 0.25) is 0 Å². The summed E-state index contributed by atoms with van der Waals surface area (Å²) in [6.07, 6.45) is 7.33. The van der Waals surface area contributed by atoms with Gasteiger partial charge in [0, 0.05) is 63.1 Å². The maximum absolute atomic E-state index is 13.2. The zero-order chi connectivity index (χ0) is 20.2. The second-order valence-electron chi connectivity index (χ2n) is 7.76. The molecule has 3 aromatic heterocycles. The minimum absolute atomic E-state index is 0.00271. The third-order valence-corrected chi connectivity index (χ3v) is 7.72. The lowest BCUT2D eigenvalue weighted by molar-refractivity contribution is 0.186. The summed E-state index contributed by atoms with van der Waals surface area (Å²) in [5.74, 6) is 0.737. The quantitative estimate of drug-likeness (QED) is 0.651. The molecule has 0 aromatic carbocycles. The molecule has 2 atom stereocenters. The van der Waals surface area contributed by atoms with Crippen LogP contribution in [-0.2, 0) is 23.6 Å². The number of piperidine rings is 1.